The molecule has 2 atom stereocenters. The van der Waals surface area contributed by atoms with Gasteiger partial charge in [-0.3, -0.25) is 0 Å². The van der Waals surface area contributed by atoms with Gasteiger partial charge in [0, 0.05) is 13.7 Å². The highest BCUT2D eigenvalue weighted by atomic mass is 16.5. The summed E-state index contributed by atoms with van der Waals surface area (Å²) in [5.74, 6) is 0. The first-order valence-electron chi connectivity index (χ1n) is 4.08. The van der Waals surface area contributed by atoms with E-state index in [1.807, 2.05) is 6.92 Å². The molecule has 2 unspecified atom stereocenters. The highest BCUT2D eigenvalue weighted by Gasteiger charge is 2.28. The van der Waals surface area contributed by atoms with Gasteiger partial charge in [0.25, 0.3) is 0 Å². The van der Waals surface area contributed by atoms with Gasteiger partial charge in [-0.25, -0.2) is 0 Å². The maximum atomic E-state index is 5.63. The Balaban J connectivity index is 4.07. The molecule has 3 N–H and O–H groups in total. The average Bonchev–Trinajstić information content (AvgIpc) is 2.03. The molecule has 0 fully saturated rings. The van der Waals surface area contributed by atoms with E-state index in [1.165, 1.54) is 0 Å². The van der Waals surface area contributed by atoms with Crippen LogP contribution >= 0.6 is 0 Å². The summed E-state index contributed by atoms with van der Waals surface area (Å²) in [5, 5.41) is 3.31. The van der Waals surface area contributed by atoms with E-state index in [0.717, 1.165) is 6.54 Å². The van der Waals surface area contributed by atoms with Crippen LogP contribution in [0, 0.1) is 0 Å². The van der Waals surface area contributed by atoms with Gasteiger partial charge in [0.1, 0.15) is 0 Å². The lowest BCUT2D eigenvalue weighted by atomic mass is 9.96. The van der Waals surface area contributed by atoms with E-state index in [4.69, 9.17) is 10.5 Å². The van der Waals surface area contributed by atoms with E-state index in [9.17, 15) is 0 Å². The molecule has 0 spiro atoms. The molecule has 0 radical (unpaired) electrons. The maximum absolute atomic E-state index is 5.63. The number of methoxy groups -OCH3 is 1. The van der Waals surface area contributed by atoms with E-state index in [0.29, 0.717) is 6.54 Å². The number of hydrogen-bond acceptors (Lipinski definition) is 3. The average molecular weight is 160 g/mol. The number of rotatable bonds is 5. The van der Waals surface area contributed by atoms with Crippen molar-refractivity contribution in [1.29, 1.82) is 0 Å². The quantitative estimate of drug-likeness (QED) is 0.610. The van der Waals surface area contributed by atoms with Crippen molar-refractivity contribution in [1.82, 2.24) is 5.32 Å². The first-order chi connectivity index (χ1) is 5.10. The number of nitrogens with two attached hydrogens (primary N) is 1. The van der Waals surface area contributed by atoms with Crippen molar-refractivity contribution in [2.24, 2.45) is 5.73 Å². The topological polar surface area (TPSA) is 47.3 Å². The minimum absolute atomic E-state index is 0.0938. The van der Waals surface area contributed by atoms with Crippen LogP contribution in [0.5, 0.6) is 0 Å². The zero-order valence-corrected chi connectivity index (χ0v) is 7.98. The van der Waals surface area contributed by atoms with Crippen LogP contribution in [0.4, 0.5) is 0 Å². The molecule has 0 rings (SSSR count). The second-order valence-electron chi connectivity index (χ2n) is 3.03. The van der Waals surface area contributed by atoms with Crippen molar-refractivity contribution in [2.45, 2.75) is 32.4 Å². The van der Waals surface area contributed by atoms with Gasteiger partial charge in [-0.15, -0.1) is 0 Å². The standard InChI is InChI=1S/C8H20N2O/c1-5-10-8(3,6-9)7(2)11-4/h7,10H,5-6,9H2,1-4H3. The summed E-state index contributed by atoms with van der Waals surface area (Å²) >= 11 is 0. The lowest BCUT2D eigenvalue weighted by Crippen LogP contribution is -2.56. The molecule has 0 saturated heterocycles. The molecule has 0 heterocycles. The maximum Gasteiger partial charge on any atom is 0.0734 e. The lowest BCUT2D eigenvalue weighted by molar-refractivity contribution is 0.0429. The van der Waals surface area contributed by atoms with Crippen molar-refractivity contribution in [3.63, 3.8) is 0 Å². The zero-order chi connectivity index (χ0) is 8.91. The van der Waals surface area contributed by atoms with Crippen LogP contribution in [-0.2, 0) is 4.74 Å². The first-order valence-corrected chi connectivity index (χ1v) is 4.08. The molecule has 0 aliphatic rings. The van der Waals surface area contributed by atoms with Crippen LogP contribution in [0.1, 0.15) is 20.8 Å². The fraction of sp³-hybridized carbons (Fsp3) is 1.00. The third-order valence-corrected chi connectivity index (χ3v) is 2.26. The van der Waals surface area contributed by atoms with Crippen LogP contribution < -0.4 is 11.1 Å². The molecule has 11 heavy (non-hydrogen) atoms. The molecule has 3 heteroatoms. The SMILES string of the molecule is CCNC(C)(CN)C(C)OC. The number of ether oxygens (including phenoxy) is 1. The van der Waals surface area contributed by atoms with Gasteiger partial charge in [0.15, 0.2) is 0 Å². The van der Waals surface area contributed by atoms with E-state index in [2.05, 4.69) is 19.2 Å². The second kappa shape index (κ2) is 4.70. The Morgan fingerprint density at radius 1 is 1.64 bits per heavy atom. The van der Waals surface area contributed by atoms with Crippen molar-refractivity contribution in [2.75, 3.05) is 20.2 Å². The van der Waals surface area contributed by atoms with Gasteiger partial charge in [-0.05, 0) is 20.4 Å². The number of likely N-dealkylation sites (N-methyl/N-ethyl adjacent to an activating group) is 1. The van der Waals surface area contributed by atoms with E-state index < -0.39 is 0 Å². The molecule has 68 valence electrons. The number of nitrogens with one attached hydrogen (secondary N) is 1. The summed E-state index contributed by atoms with van der Waals surface area (Å²) in [6, 6.07) is 0. The molecule has 0 aromatic heterocycles. The van der Waals surface area contributed by atoms with E-state index in [1.54, 1.807) is 7.11 Å². The van der Waals surface area contributed by atoms with Crippen molar-refractivity contribution in [3.05, 3.63) is 0 Å². The minimum Gasteiger partial charge on any atom is -0.380 e. The molecule has 0 aliphatic carbocycles. The van der Waals surface area contributed by atoms with Crippen LogP contribution in [-0.4, -0.2) is 31.8 Å². The van der Waals surface area contributed by atoms with Gasteiger partial charge in [-0.2, -0.15) is 0 Å². The molecule has 0 aromatic rings. The monoisotopic (exact) mass is 160 g/mol. The molecule has 0 bridgehead atoms. The van der Waals surface area contributed by atoms with Crippen molar-refractivity contribution in [3.8, 4) is 0 Å². The smallest absolute Gasteiger partial charge is 0.0734 e. The van der Waals surface area contributed by atoms with Crippen LogP contribution in [0.15, 0.2) is 0 Å². The predicted molar refractivity (Wildman–Crippen MR) is 47.6 cm³/mol. The molecule has 0 saturated carbocycles. The van der Waals surface area contributed by atoms with E-state index in [-0.39, 0.29) is 11.6 Å². The highest BCUT2D eigenvalue weighted by molar-refractivity contribution is 4.89. The molecule has 0 amide bonds. The predicted octanol–water partition coefficient (Wildman–Crippen LogP) is 0.348. The Hall–Kier alpha value is -0.120. The van der Waals surface area contributed by atoms with Gasteiger partial charge in [0.05, 0.1) is 11.6 Å². The first kappa shape index (κ1) is 10.9. The third kappa shape index (κ3) is 2.77. The minimum atomic E-state index is -0.0938. The Bertz CT molecular complexity index is 108. The summed E-state index contributed by atoms with van der Waals surface area (Å²) in [6.45, 7) is 7.67. The van der Waals surface area contributed by atoms with Crippen LogP contribution in [0.25, 0.3) is 0 Å². The third-order valence-electron chi connectivity index (χ3n) is 2.26. The normalized spacial score (nSPS) is 19.4. The van der Waals surface area contributed by atoms with Crippen LogP contribution in [0.2, 0.25) is 0 Å². The molecular weight excluding hydrogens is 140 g/mol. The number of hydrogen-bond donors (Lipinski definition) is 2. The van der Waals surface area contributed by atoms with Gasteiger partial charge in [-0.1, -0.05) is 6.92 Å². The molecule has 0 aliphatic heterocycles. The van der Waals surface area contributed by atoms with E-state index >= 15 is 0 Å². The summed E-state index contributed by atoms with van der Waals surface area (Å²) < 4.78 is 5.22. The fourth-order valence-corrected chi connectivity index (χ4v) is 1.05. The van der Waals surface area contributed by atoms with Crippen LogP contribution in [0.3, 0.4) is 0 Å². The molecular formula is C8H20N2O. The molecule has 0 aromatic carbocycles. The highest BCUT2D eigenvalue weighted by Crippen LogP contribution is 2.10. The summed E-state index contributed by atoms with van der Waals surface area (Å²) in [6.07, 6.45) is 0.146. The Kier molecular flexibility index (Phi) is 4.65. The largest absolute Gasteiger partial charge is 0.380 e. The Morgan fingerprint density at radius 2 is 2.18 bits per heavy atom. The Labute approximate surface area is 69.3 Å². The fourth-order valence-electron chi connectivity index (χ4n) is 1.05. The summed E-state index contributed by atoms with van der Waals surface area (Å²) in [4.78, 5) is 0. The van der Waals surface area contributed by atoms with Gasteiger partial charge in [0.2, 0.25) is 0 Å². The van der Waals surface area contributed by atoms with Gasteiger partial charge < -0.3 is 15.8 Å². The second-order valence-corrected chi connectivity index (χ2v) is 3.03. The zero-order valence-electron chi connectivity index (χ0n) is 7.98. The van der Waals surface area contributed by atoms with Crippen molar-refractivity contribution >= 4 is 0 Å². The summed E-state index contributed by atoms with van der Waals surface area (Å²) in [5.41, 5.74) is 5.53. The molecule has 3 nitrogen and oxygen atoms in total. The van der Waals surface area contributed by atoms with Gasteiger partial charge >= 0.3 is 0 Å². The Morgan fingerprint density at radius 3 is 2.45 bits per heavy atom. The van der Waals surface area contributed by atoms with Crippen molar-refractivity contribution < 1.29 is 4.74 Å². The summed E-state index contributed by atoms with van der Waals surface area (Å²) in [7, 11) is 1.70. The lowest BCUT2D eigenvalue weighted by Gasteiger charge is -2.34.